The molecule has 4 nitrogen and oxygen atoms in total. The maximum absolute atomic E-state index is 6.09. The highest BCUT2D eigenvalue weighted by Gasteiger charge is 2.01. The molecule has 3 aromatic rings. The Balaban J connectivity index is 1.76. The number of nitrogens with one attached hydrogen (secondary N) is 1. The van der Waals surface area contributed by atoms with Crippen molar-refractivity contribution in [1.82, 2.24) is 9.55 Å². The molecule has 0 radical (unpaired) electrons. The number of hydrogen-bond donors (Lipinski definition) is 1. The minimum atomic E-state index is 0.648. The number of aromatic nitrogens is 2. The second kappa shape index (κ2) is 6.45. The molecule has 1 heterocycles. The van der Waals surface area contributed by atoms with Gasteiger partial charge in [0.1, 0.15) is 0 Å². The fourth-order valence-corrected chi connectivity index (χ4v) is 2.23. The highest BCUT2D eigenvalue weighted by molar-refractivity contribution is 6.33. The molecule has 110 valence electrons. The van der Waals surface area contributed by atoms with Crippen LogP contribution in [0.5, 0.6) is 0 Å². The van der Waals surface area contributed by atoms with E-state index in [9.17, 15) is 0 Å². The number of nitrogens with zero attached hydrogens (tertiary/aromatic N) is 3. The predicted octanol–water partition coefficient (Wildman–Crippen LogP) is 4.36. The van der Waals surface area contributed by atoms with Gasteiger partial charge in [0.05, 0.1) is 22.7 Å². The van der Waals surface area contributed by atoms with Crippen LogP contribution in [-0.2, 0) is 0 Å². The third-order valence-corrected chi connectivity index (χ3v) is 3.64. The Morgan fingerprint density at radius 2 is 1.91 bits per heavy atom. The maximum Gasteiger partial charge on any atom is 0.0991 e. The van der Waals surface area contributed by atoms with Gasteiger partial charge in [-0.25, -0.2) is 4.98 Å². The van der Waals surface area contributed by atoms with Crippen LogP contribution in [0.25, 0.3) is 5.69 Å². The highest BCUT2D eigenvalue weighted by Crippen LogP contribution is 2.20. The van der Waals surface area contributed by atoms with E-state index in [1.165, 1.54) is 0 Å². The summed E-state index contributed by atoms with van der Waals surface area (Å²) in [4.78, 5) is 4.04. The average molecular weight is 311 g/mol. The molecule has 5 heteroatoms. The van der Waals surface area contributed by atoms with Gasteiger partial charge in [-0.2, -0.15) is 5.10 Å². The molecule has 0 aliphatic rings. The van der Waals surface area contributed by atoms with Gasteiger partial charge in [0, 0.05) is 18.1 Å². The van der Waals surface area contributed by atoms with Gasteiger partial charge >= 0.3 is 0 Å². The summed E-state index contributed by atoms with van der Waals surface area (Å²) in [5.41, 5.74) is 6.78. The monoisotopic (exact) mass is 310 g/mol. The van der Waals surface area contributed by atoms with Crippen molar-refractivity contribution in [2.24, 2.45) is 5.10 Å². The lowest BCUT2D eigenvalue weighted by atomic mass is 10.1. The first-order chi connectivity index (χ1) is 10.7. The zero-order chi connectivity index (χ0) is 15.4. The molecule has 0 amide bonds. The SMILES string of the molecule is CC(=NNc1ccccc1Cl)c1ccc(-n2ccnc2)cc1. The maximum atomic E-state index is 6.09. The molecule has 0 atom stereocenters. The zero-order valence-electron chi connectivity index (χ0n) is 12.1. The summed E-state index contributed by atoms with van der Waals surface area (Å²) in [5.74, 6) is 0. The molecule has 0 aliphatic heterocycles. The van der Waals surface area contributed by atoms with Crippen molar-refractivity contribution in [2.45, 2.75) is 6.92 Å². The van der Waals surface area contributed by atoms with Gasteiger partial charge in [-0.1, -0.05) is 35.9 Å². The van der Waals surface area contributed by atoms with Crippen molar-refractivity contribution in [3.8, 4) is 5.69 Å². The number of rotatable bonds is 4. The Kier molecular flexibility index (Phi) is 4.21. The molecule has 1 N–H and O–H groups in total. The Bertz CT molecular complexity index is 777. The predicted molar refractivity (Wildman–Crippen MR) is 90.8 cm³/mol. The van der Waals surface area contributed by atoms with E-state index in [2.05, 4.69) is 15.5 Å². The lowest BCUT2D eigenvalue weighted by Crippen LogP contribution is -2.00. The smallest absolute Gasteiger partial charge is 0.0991 e. The Hall–Kier alpha value is -2.59. The molecular formula is C17H15ClN4. The second-order valence-electron chi connectivity index (χ2n) is 4.81. The Labute approximate surface area is 134 Å². The van der Waals surface area contributed by atoms with Crippen LogP contribution in [0, 0.1) is 0 Å². The largest absolute Gasteiger partial charge is 0.306 e. The lowest BCUT2D eigenvalue weighted by molar-refractivity contribution is 1.06. The van der Waals surface area contributed by atoms with E-state index in [-0.39, 0.29) is 0 Å². The van der Waals surface area contributed by atoms with Gasteiger partial charge in [-0.3, -0.25) is 5.43 Å². The number of hydrazone groups is 1. The van der Waals surface area contributed by atoms with Gasteiger partial charge < -0.3 is 4.57 Å². The number of imidazole rings is 1. The molecular weight excluding hydrogens is 296 g/mol. The third kappa shape index (κ3) is 3.18. The molecule has 0 fully saturated rings. The fourth-order valence-electron chi connectivity index (χ4n) is 2.05. The molecule has 2 aromatic carbocycles. The fraction of sp³-hybridized carbons (Fsp3) is 0.0588. The Morgan fingerprint density at radius 1 is 1.14 bits per heavy atom. The van der Waals surface area contributed by atoms with Gasteiger partial charge in [0.2, 0.25) is 0 Å². The number of halogens is 1. The van der Waals surface area contributed by atoms with Gasteiger partial charge in [-0.05, 0) is 36.8 Å². The van der Waals surface area contributed by atoms with Crippen molar-refractivity contribution in [1.29, 1.82) is 0 Å². The molecule has 1 aromatic heterocycles. The zero-order valence-corrected chi connectivity index (χ0v) is 12.8. The van der Waals surface area contributed by atoms with Crippen LogP contribution in [0.15, 0.2) is 72.4 Å². The van der Waals surface area contributed by atoms with Crippen molar-refractivity contribution in [2.75, 3.05) is 5.43 Å². The summed E-state index contributed by atoms with van der Waals surface area (Å²) in [6, 6.07) is 15.6. The van der Waals surface area contributed by atoms with Crippen LogP contribution in [-0.4, -0.2) is 15.3 Å². The Morgan fingerprint density at radius 3 is 2.59 bits per heavy atom. The van der Waals surface area contributed by atoms with Crippen molar-refractivity contribution in [3.05, 3.63) is 77.8 Å². The lowest BCUT2D eigenvalue weighted by Gasteiger charge is -2.06. The van der Waals surface area contributed by atoms with Crippen LogP contribution in [0.4, 0.5) is 5.69 Å². The molecule has 0 saturated heterocycles. The average Bonchev–Trinajstić information content (AvgIpc) is 3.08. The summed E-state index contributed by atoms with van der Waals surface area (Å²) in [6.07, 6.45) is 5.44. The van der Waals surface area contributed by atoms with Gasteiger partial charge in [0.25, 0.3) is 0 Å². The summed E-state index contributed by atoms with van der Waals surface area (Å²) in [7, 11) is 0. The van der Waals surface area contributed by atoms with E-state index >= 15 is 0 Å². The minimum Gasteiger partial charge on any atom is -0.306 e. The second-order valence-corrected chi connectivity index (χ2v) is 5.21. The molecule has 3 rings (SSSR count). The van der Waals surface area contributed by atoms with Crippen LogP contribution in [0.2, 0.25) is 5.02 Å². The molecule has 22 heavy (non-hydrogen) atoms. The highest BCUT2D eigenvalue weighted by atomic mass is 35.5. The van der Waals surface area contributed by atoms with Crippen LogP contribution < -0.4 is 5.43 Å². The first kappa shape index (κ1) is 14.4. The quantitative estimate of drug-likeness (QED) is 0.574. The van der Waals surface area contributed by atoms with Crippen molar-refractivity contribution < 1.29 is 0 Å². The number of para-hydroxylation sites is 1. The topological polar surface area (TPSA) is 42.2 Å². The molecule has 0 unspecified atom stereocenters. The molecule has 0 saturated carbocycles. The standard InChI is InChI=1S/C17H15ClN4/c1-13(20-21-17-5-3-2-4-16(17)18)14-6-8-15(9-7-14)22-11-10-19-12-22/h2-12,21H,1H3. The van der Waals surface area contributed by atoms with Crippen LogP contribution >= 0.6 is 11.6 Å². The van der Waals surface area contributed by atoms with E-state index in [4.69, 9.17) is 11.6 Å². The number of anilines is 1. The molecule has 0 bridgehead atoms. The summed E-state index contributed by atoms with van der Waals surface area (Å²) in [6.45, 7) is 1.95. The van der Waals surface area contributed by atoms with E-state index in [1.807, 2.05) is 66.2 Å². The first-order valence-electron chi connectivity index (χ1n) is 6.87. The summed E-state index contributed by atoms with van der Waals surface area (Å²) < 4.78 is 1.96. The summed E-state index contributed by atoms with van der Waals surface area (Å²) in [5, 5.41) is 5.03. The normalized spacial score (nSPS) is 11.5. The molecule has 0 aliphatic carbocycles. The van der Waals surface area contributed by atoms with Crippen molar-refractivity contribution >= 4 is 23.0 Å². The first-order valence-corrected chi connectivity index (χ1v) is 7.25. The number of benzene rings is 2. The minimum absolute atomic E-state index is 0.648. The van der Waals surface area contributed by atoms with E-state index < -0.39 is 0 Å². The van der Waals surface area contributed by atoms with E-state index in [0.29, 0.717) is 5.02 Å². The number of hydrogen-bond acceptors (Lipinski definition) is 3. The summed E-state index contributed by atoms with van der Waals surface area (Å²) >= 11 is 6.09. The van der Waals surface area contributed by atoms with E-state index in [0.717, 1.165) is 22.6 Å². The van der Waals surface area contributed by atoms with Crippen LogP contribution in [0.3, 0.4) is 0 Å². The van der Waals surface area contributed by atoms with E-state index in [1.54, 1.807) is 12.5 Å². The van der Waals surface area contributed by atoms with Gasteiger partial charge in [-0.15, -0.1) is 0 Å². The van der Waals surface area contributed by atoms with Crippen LogP contribution in [0.1, 0.15) is 12.5 Å². The third-order valence-electron chi connectivity index (χ3n) is 3.31. The molecule has 0 spiro atoms. The van der Waals surface area contributed by atoms with Gasteiger partial charge in [0.15, 0.2) is 0 Å². The van der Waals surface area contributed by atoms with Crippen molar-refractivity contribution in [3.63, 3.8) is 0 Å².